The molecular formula is C16H22N2O4. The summed E-state index contributed by atoms with van der Waals surface area (Å²) in [6.07, 6.45) is 2.72. The summed E-state index contributed by atoms with van der Waals surface area (Å²) in [6, 6.07) is 2.12. The van der Waals surface area contributed by atoms with Gasteiger partial charge in [0.05, 0.1) is 0 Å². The molecule has 0 aliphatic carbocycles. The molecule has 0 spiro atoms. The number of aliphatic carboxylic acids is 1. The Morgan fingerprint density at radius 2 is 2.09 bits per heavy atom. The lowest BCUT2D eigenvalue weighted by atomic mass is 10.0. The third kappa shape index (κ3) is 3.75. The summed E-state index contributed by atoms with van der Waals surface area (Å²) in [4.78, 5) is 39.8. The average molecular weight is 306 g/mol. The van der Waals surface area contributed by atoms with Crippen LogP contribution in [0.4, 0.5) is 0 Å². The predicted octanol–water partition coefficient (Wildman–Crippen LogP) is 1.65. The van der Waals surface area contributed by atoms with Gasteiger partial charge in [0.2, 0.25) is 5.56 Å². The molecular weight excluding hydrogens is 284 g/mol. The molecule has 0 radical (unpaired) electrons. The third-order valence-electron chi connectivity index (χ3n) is 3.82. The lowest BCUT2D eigenvalue weighted by Crippen LogP contribution is -2.48. The summed E-state index contributed by atoms with van der Waals surface area (Å²) >= 11 is 0. The molecule has 0 saturated carbocycles. The number of likely N-dealkylation sites (tertiary alicyclic amines) is 1. The number of aromatic nitrogens is 1. The number of pyridine rings is 1. The zero-order chi connectivity index (χ0) is 16.3. The summed E-state index contributed by atoms with van der Waals surface area (Å²) in [6.45, 7) is 4.47. The topological polar surface area (TPSA) is 90.5 Å². The molecule has 120 valence electrons. The molecule has 1 unspecified atom stereocenters. The van der Waals surface area contributed by atoms with Crippen molar-refractivity contribution >= 4 is 11.9 Å². The molecule has 6 heteroatoms. The third-order valence-corrected chi connectivity index (χ3v) is 3.82. The van der Waals surface area contributed by atoms with Crippen LogP contribution in [0.2, 0.25) is 0 Å². The molecule has 1 saturated heterocycles. The van der Waals surface area contributed by atoms with Gasteiger partial charge in [0.1, 0.15) is 6.04 Å². The van der Waals surface area contributed by atoms with Crippen molar-refractivity contribution < 1.29 is 14.7 Å². The van der Waals surface area contributed by atoms with E-state index in [4.69, 9.17) is 0 Å². The van der Waals surface area contributed by atoms with Crippen molar-refractivity contribution in [2.75, 3.05) is 6.54 Å². The number of carbonyl (C=O) groups excluding carboxylic acids is 1. The number of carboxylic acids is 1. The fourth-order valence-corrected chi connectivity index (χ4v) is 2.87. The number of nitrogens with zero attached hydrogens (tertiary/aromatic N) is 1. The number of amides is 1. The Kier molecular flexibility index (Phi) is 5.00. The van der Waals surface area contributed by atoms with Crippen LogP contribution < -0.4 is 5.56 Å². The molecule has 22 heavy (non-hydrogen) atoms. The van der Waals surface area contributed by atoms with Crippen LogP contribution in [0, 0.1) is 5.92 Å². The predicted molar refractivity (Wildman–Crippen MR) is 81.9 cm³/mol. The quantitative estimate of drug-likeness (QED) is 0.885. The minimum absolute atomic E-state index is 0.271. The maximum absolute atomic E-state index is 12.6. The second-order valence-corrected chi connectivity index (χ2v) is 6.20. The molecule has 6 nitrogen and oxygen atoms in total. The number of carbonyl (C=O) groups is 2. The van der Waals surface area contributed by atoms with E-state index in [1.165, 1.54) is 11.0 Å². The average Bonchev–Trinajstić information content (AvgIpc) is 2.45. The van der Waals surface area contributed by atoms with Gasteiger partial charge >= 0.3 is 5.97 Å². The SMILES string of the molecule is CC(C)Cc1cc(C(=O)N2CCCCC2C(=O)O)cc(=O)[nH]1. The number of rotatable bonds is 4. The molecule has 1 fully saturated rings. The maximum atomic E-state index is 12.6. The Morgan fingerprint density at radius 1 is 1.36 bits per heavy atom. The molecule has 1 aliphatic heterocycles. The van der Waals surface area contributed by atoms with E-state index >= 15 is 0 Å². The zero-order valence-electron chi connectivity index (χ0n) is 13.0. The Hall–Kier alpha value is -2.11. The van der Waals surface area contributed by atoms with Gasteiger partial charge in [-0.05, 0) is 37.7 Å². The number of piperidine rings is 1. The normalized spacial score (nSPS) is 18.5. The molecule has 0 aromatic carbocycles. The number of nitrogens with one attached hydrogen (secondary N) is 1. The van der Waals surface area contributed by atoms with Gasteiger partial charge in [0, 0.05) is 23.9 Å². The van der Waals surface area contributed by atoms with Crippen molar-refractivity contribution in [1.82, 2.24) is 9.88 Å². The van der Waals surface area contributed by atoms with E-state index in [1.54, 1.807) is 6.07 Å². The molecule has 2 heterocycles. The number of carboxylic acid groups (broad SMARTS) is 1. The maximum Gasteiger partial charge on any atom is 0.326 e. The van der Waals surface area contributed by atoms with Gasteiger partial charge in [-0.25, -0.2) is 4.79 Å². The molecule has 1 atom stereocenters. The first kappa shape index (κ1) is 16.3. The van der Waals surface area contributed by atoms with Crippen LogP contribution in [0.3, 0.4) is 0 Å². The van der Waals surface area contributed by atoms with Gasteiger partial charge < -0.3 is 15.0 Å². The highest BCUT2D eigenvalue weighted by molar-refractivity contribution is 5.96. The van der Waals surface area contributed by atoms with E-state index in [-0.39, 0.29) is 17.0 Å². The van der Waals surface area contributed by atoms with E-state index in [1.807, 2.05) is 13.8 Å². The van der Waals surface area contributed by atoms with E-state index in [0.717, 1.165) is 12.8 Å². The molecule has 2 N–H and O–H groups in total. The number of aromatic amines is 1. The van der Waals surface area contributed by atoms with Crippen molar-refractivity contribution in [2.45, 2.75) is 45.6 Å². The summed E-state index contributed by atoms with van der Waals surface area (Å²) in [5, 5.41) is 9.27. The molecule has 1 aromatic heterocycles. The van der Waals surface area contributed by atoms with E-state index < -0.39 is 12.0 Å². The van der Waals surface area contributed by atoms with Gasteiger partial charge in [-0.15, -0.1) is 0 Å². The standard InChI is InChI=1S/C16H22N2O4/c1-10(2)7-12-8-11(9-14(19)17-12)15(20)18-6-4-3-5-13(18)16(21)22/h8-10,13H,3-7H2,1-2H3,(H,17,19)(H,21,22). The first-order valence-corrected chi connectivity index (χ1v) is 7.65. The van der Waals surface area contributed by atoms with Crippen LogP contribution >= 0.6 is 0 Å². The Morgan fingerprint density at radius 3 is 2.73 bits per heavy atom. The van der Waals surface area contributed by atoms with Crippen molar-refractivity contribution in [3.8, 4) is 0 Å². The summed E-state index contributed by atoms with van der Waals surface area (Å²) in [5.41, 5.74) is 0.646. The van der Waals surface area contributed by atoms with Crippen molar-refractivity contribution in [3.05, 3.63) is 33.7 Å². The van der Waals surface area contributed by atoms with E-state index in [0.29, 0.717) is 31.0 Å². The lowest BCUT2D eigenvalue weighted by Gasteiger charge is -2.33. The first-order valence-electron chi connectivity index (χ1n) is 7.65. The van der Waals surface area contributed by atoms with Crippen LogP contribution in [0.15, 0.2) is 16.9 Å². The zero-order valence-corrected chi connectivity index (χ0v) is 13.0. The summed E-state index contributed by atoms with van der Waals surface area (Å²) in [5.74, 6) is -1.01. The largest absolute Gasteiger partial charge is 0.480 e. The Labute approximate surface area is 129 Å². The Bertz CT molecular complexity index is 621. The highest BCUT2D eigenvalue weighted by Gasteiger charge is 2.32. The molecule has 0 bridgehead atoms. The van der Waals surface area contributed by atoms with Crippen LogP contribution in [0.1, 0.15) is 49.2 Å². The van der Waals surface area contributed by atoms with Crippen LogP contribution in [0.25, 0.3) is 0 Å². The van der Waals surface area contributed by atoms with Gasteiger partial charge in [0.15, 0.2) is 0 Å². The van der Waals surface area contributed by atoms with Crippen molar-refractivity contribution in [2.24, 2.45) is 5.92 Å². The monoisotopic (exact) mass is 306 g/mol. The number of hydrogen-bond donors (Lipinski definition) is 2. The lowest BCUT2D eigenvalue weighted by molar-refractivity contribution is -0.143. The van der Waals surface area contributed by atoms with Gasteiger partial charge in [-0.1, -0.05) is 13.8 Å². The summed E-state index contributed by atoms with van der Waals surface area (Å²) < 4.78 is 0. The van der Waals surface area contributed by atoms with Crippen LogP contribution in [-0.2, 0) is 11.2 Å². The second-order valence-electron chi connectivity index (χ2n) is 6.20. The molecule has 1 aromatic rings. The van der Waals surface area contributed by atoms with Gasteiger partial charge in [-0.3, -0.25) is 9.59 Å². The van der Waals surface area contributed by atoms with E-state index in [9.17, 15) is 19.5 Å². The molecule has 1 amide bonds. The molecule has 1 aliphatic rings. The minimum Gasteiger partial charge on any atom is -0.480 e. The smallest absolute Gasteiger partial charge is 0.326 e. The van der Waals surface area contributed by atoms with Gasteiger partial charge in [-0.2, -0.15) is 0 Å². The number of H-pyrrole nitrogens is 1. The highest BCUT2D eigenvalue weighted by atomic mass is 16.4. The second kappa shape index (κ2) is 6.77. The number of hydrogen-bond acceptors (Lipinski definition) is 3. The minimum atomic E-state index is -0.986. The van der Waals surface area contributed by atoms with Crippen LogP contribution in [-0.4, -0.2) is 39.5 Å². The fraction of sp³-hybridized carbons (Fsp3) is 0.562. The van der Waals surface area contributed by atoms with Crippen molar-refractivity contribution in [3.63, 3.8) is 0 Å². The fourth-order valence-electron chi connectivity index (χ4n) is 2.87. The first-order chi connectivity index (χ1) is 10.4. The molecule has 2 rings (SSSR count). The Balaban J connectivity index is 2.29. The van der Waals surface area contributed by atoms with Crippen molar-refractivity contribution in [1.29, 1.82) is 0 Å². The highest BCUT2D eigenvalue weighted by Crippen LogP contribution is 2.20. The van der Waals surface area contributed by atoms with Gasteiger partial charge in [0.25, 0.3) is 5.91 Å². The van der Waals surface area contributed by atoms with Crippen LogP contribution in [0.5, 0.6) is 0 Å². The summed E-state index contributed by atoms with van der Waals surface area (Å²) in [7, 11) is 0. The van der Waals surface area contributed by atoms with E-state index in [2.05, 4.69) is 4.98 Å².